The van der Waals surface area contributed by atoms with E-state index in [4.69, 9.17) is 4.74 Å². The van der Waals surface area contributed by atoms with E-state index in [1.165, 1.54) is 35.6 Å². The molecule has 11 nitrogen and oxygen atoms in total. The number of benzene rings is 4. The van der Waals surface area contributed by atoms with E-state index in [0.717, 1.165) is 10.6 Å². The third kappa shape index (κ3) is 5.69. The number of hydrogen-bond acceptors (Lipinski definition) is 10. The van der Waals surface area contributed by atoms with Gasteiger partial charge in [0.2, 0.25) is 5.13 Å². The molecule has 12 heteroatoms. The number of aromatic nitrogens is 1. The Bertz CT molecular complexity index is 1920. The molecule has 1 N–H and O–H groups in total. The first-order valence-corrected chi connectivity index (χ1v) is 14.1. The summed E-state index contributed by atoms with van der Waals surface area (Å²) in [5.41, 5.74) is 6.55. The smallest absolute Gasteiger partial charge is 0.303 e. The second-order valence-electron chi connectivity index (χ2n) is 9.46. The number of rotatable bonds is 9. The van der Waals surface area contributed by atoms with Gasteiger partial charge in [-0.1, -0.05) is 30.3 Å². The fourth-order valence-electron chi connectivity index (χ4n) is 4.39. The maximum absolute atomic E-state index is 13.7. The Morgan fingerprint density at radius 2 is 1.57 bits per heavy atom. The number of hydrogen-bond donors (Lipinski definition) is 1. The molecule has 0 saturated carbocycles. The van der Waals surface area contributed by atoms with Gasteiger partial charge in [0.1, 0.15) is 11.5 Å². The number of carbonyl (C=O) groups excluding carboxylic acids is 2. The summed E-state index contributed by atoms with van der Waals surface area (Å²) in [4.78, 5) is 41.7. The van der Waals surface area contributed by atoms with Crippen molar-refractivity contribution in [2.24, 2.45) is 10.2 Å². The van der Waals surface area contributed by atoms with Crippen molar-refractivity contribution in [3.63, 3.8) is 0 Å². The molecular weight excluding hydrogens is 580 g/mol. The average molecular weight is 603 g/mol. The molecule has 0 radical (unpaired) electrons. The Labute approximate surface area is 254 Å². The number of nitrogens with one attached hydrogen (secondary N) is 1. The van der Waals surface area contributed by atoms with Crippen molar-refractivity contribution in [3.8, 4) is 17.0 Å². The molecule has 1 aliphatic heterocycles. The fraction of sp³-hybridized carbons (Fsp3) is 0.0312. The largest absolute Gasteiger partial charge is 0.497 e. The van der Waals surface area contributed by atoms with Crippen molar-refractivity contribution < 1.29 is 19.2 Å². The average Bonchev–Trinajstić information content (AvgIpc) is 3.69. The van der Waals surface area contributed by atoms with Gasteiger partial charge in [-0.15, -0.1) is 11.3 Å². The summed E-state index contributed by atoms with van der Waals surface area (Å²) >= 11 is 1.24. The third-order valence-electron chi connectivity index (χ3n) is 6.71. The van der Waals surface area contributed by atoms with E-state index < -0.39 is 10.8 Å². The minimum absolute atomic E-state index is 0.00973. The van der Waals surface area contributed by atoms with Crippen LogP contribution >= 0.6 is 11.3 Å². The van der Waals surface area contributed by atoms with Crippen LogP contribution in [0.15, 0.2) is 119 Å². The molecule has 2 heterocycles. The number of non-ortho nitro benzene ring substituents is 1. The lowest BCUT2D eigenvalue weighted by Gasteiger charge is -2.07. The van der Waals surface area contributed by atoms with Crippen molar-refractivity contribution in [1.82, 2.24) is 4.98 Å². The SMILES string of the molecule is COc1ccc(-c2csc(N3N=C(c4ccc([N+](=O)[O-])cc4)/C(=N\Nc4ccc(C(=O)c5ccccc5)cc4)C3=O)n2)cc1. The molecule has 1 aliphatic rings. The number of amides is 1. The Balaban J connectivity index is 1.29. The van der Waals surface area contributed by atoms with Crippen LogP contribution in [0.1, 0.15) is 21.5 Å². The number of nitro groups is 1. The van der Waals surface area contributed by atoms with Crippen LogP contribution in [0.3, 0.4) is 0 Å². The number of nitro benzene ring substituents is 1. The molecular formula is C32H22N6O5S. The van der Waals surface area contributed by atoms with E-state index in [2.05, 4.69) is 20.6 Å². The Morgan fingerprint density at radius 3 is 2.23 bits per heavy atom. The van der Waals surface area contributed by atoms with Gasteiger partial charge in [0.05, 0.1) is 23.4 Å². The summed E-state index contributed by atoms with van der Waals surface area (Å²) in [5.74, 6) is 0.0644. The van der Waals surface area contributed by atoms with Crippen molar-refractivity contribution in [2.75, 3.05) is 17.5 Å². The van der Waals surface area contributed by atoms with E-state index >= 15 is 0 Å². The molecule has 0 fully saturated rings. The normalized spacial score (nSPS) is 13.6. The first kappa shape index (κ1) is 28.1. The molecule has 1 amide bonds. The second-order valence-corrected chi connectivity index (χ2v) is 10.3. The highest BCUT2D eigenvalue weighted by molar-refractivity contribution is 7.14. The highest BCUT2D eigenvalue weighted by Crippen LogP contribution is 2.31. The standard InChI is InChI=1S/C32H22N6O5S/c1-43-26-17-11-20(12-18-26)27-19-44-32(33-27)37-31(40)29(28(36-37)21-9-15-25(16-10-21)38(41)42)35-34-24-13-7-23(8-14-24)30(39)22-5-3-2-4-6-22/h2-19,34H,1H3/b35-29+. The van der Waals surface area contributed by atoms with Gasteiger partial charge in [-0.2, -0.15) is 15.2 Å². The Hall–Kier alpha value is -6.01. The van der Waals surface area contributed by atoms with Crippen molar-refractivity contribution in [3.05, 3.63) is 135 Å². The number of ketones is 1. The van der Waals surface area contributed by atoms with E-state index in [9.17, 15) is 19.7 Å². The Morgan fingerprint density at radius 1 is 0.909 bits per heavy atom. The number of methoxy groups -OCH3 is 1. The molecule has 44 heavy (non-hydrogen) atoms. The molecule has 0 aliphatic carbocycles. The Kier molecular flexibility index (Phi) is 7.72. The van der Waals surface area contributed by atoms with Gasteiger partial charge in [0.15, 0.2) is 11.5 Å². The predicted octanol–water partition coefficient (Wildman–Crippen LogP) is 6.18. The van der Waals surface area contributed by atoms with Gasteiger partial charge < -0.3 is 4.74 Å². The van der Waals surface area contributed by atoms with E-state index in [1.807, 2.05) is 35.7 Å². The molecule has 0 unspecified atom stereocenters. The van der Waals surface area contributed by atoms with Crippen LogP contribution in [0, 0.1) is 10.1 Å². The van der Waals surface area contributed by atoms with Crippen molar-refractivity contribution in [1.29, 1.82) is 0 Å². The zero-order chi connectivity index (χ0) is 30.6. The molecule has 4 aromatic carbocycles. The fourth-order valence-corrected chi connectivity index (χ4v) is 5.17. The highest BCUT2D eigenvalue weighted by atomic mass is 32.1. The van der Waals surface area contributed by atoms with Crippen LogP contribution in [0.25, 0.3) is 11.3 Å². The molecule has 0 atom stereocenters. The lowest BCUT2D eigenvalue weighted by atomic mass is 10.0. The predicted molar refractivity (Wildman–Crippen MR) is 169 cm³/mol. The van der Waals surface area contributed by atoms with E-state index in [1.54, 1.807) is 55.6 Å². The van der Waals surface area contributed by atoms with Crippen LogP contribution in [0.2, 0.25) is 0 Å². The van der Waals surface area contributed by atoms with Gasteiger partial charge in [-0.05, 0) is 60.7 Å². The zero-order valence-corrected chi connectivity index (χ0v) is 23.9. The first-order chi connectivity index (χ1) is 21.4. The van der Waals surface area contributed by atoms with Gasteiger partial charge in [0, 0.05) is 39.8 Å². The number of anilines is 2. The van der Waals surface area contributed by atoms with Gasteiger partial charge in [-0.3, -0.25) is 25.1 Å². The molecule has 216 valence electrons. The van der Waals surface area contributed by atoms with Gasteiger partial charge in [0.25, 0.3) is 5.69 Å². The van der Waals surface area contributed by atoms with Crippen LogP contribution in [-0.2, 0) is 4.79 Å². The van der Waals surface area contributed by atoms with Crippen LogP contribution in [0.5, 0.6) is 5.75 Å². The second kappa shape index (κ2) is 12.1. The summed E-state index contributed by atoms with van der Waals surface area (Å²) in [6.07, 6.45) is 0. The topological polar surface area (TPSA) is 139 Å². The molecule has 0 saturated heterocycles. The minimum atomic E-state index is -0.530. The summed E-state index contributed by atoms with van der Waals surface area (Å²) in [6.45, 7) is 0. The van der Waals surface area contributed by atoms with E-state index in [-0.39, 0.29) is 22.9 Å². The monoisotopic (exact) mass is 602 g/mol. The number of thiazole rings is 1. The third-order valence-corrected chi connectivity index (χ3v) is 7.53. The first-order valence-electron chi connectivity index (χ1n) is 13.2. The zero-order valence-electron chi connectivity index (χ0n) is 23.1. The summed E-state index contributed by atoms with van der Waals surface area (Å²) < 4.78 is 5.22. The van der Waals surface area contributed by atoms with Crippen molar-refractivity contribution in [2.45, 2.75) is 0 Å². The summed E-state index contributed by atoms with van der Waals surface area (Å²) in [7, 11) is 1.59. The maximum Gasteiger partial charge on any atom is 0.303 e. The lowest BCUT2D eigenvalue weighted by Crippen LogP contribution is -2.28. The van der Waals surface area contributed by atoms with Gasteiger partial charge in [-0.25, -0.2) is 4.98 Å². The minimum Gasteiger partial charge on any atom is -0.497 e. The molecule has 5 aromatic rings. The van der Waals surface area contributed by atoms with Crippen LogP contribution in [0.4, 0.5) is 16.5 Å². The van der Waals surface area contributed by atoms with Crippen LogP contribution < -0.4 is 15.2 Å². The number of hydrazone groups is 2. The number of ether oxygens (including phenoxy) is 1. The molecule has 0 bridgehead atoms. The quantitative estimate of drug-likeness (QED) is 0.121. The lowest BCUT2D eigenvalue weighted by molar-refractivity contribution is -0.384. The number of nitrogens with zero attached hydrogens (tertiary/aromatic N) is 5. The van der Waals surface area contributed by atoms with Gasteiger partial charge >= 0.3 is 5.91 Å². The number of carbonyl (C=O) groups is 2. The maximum atomic E-state index is 13.7. The van der Waals surface area contributed by atoms with E-state index in [0.29, 0.717) is 39.0 Å². The molecule has 6 rings (SSSR count). The van der Waals surface area contributed by atoms with Crippen molar-refractivity contribution >= 4 is 51.0 Å². The van der Waals surface area contributed by atoms with Crippen LogP contribution in [-0.4, -0.2) is 40.1 Å². The molecule has 0 spiro atoms. The summed E-state index contributed by atoms with van der Waals surface area (Å²) in [5, 5.41) is 23.4. The summed E-state index contributed by atoms with van der Waals surface area (Å²) in [6, 6.07) is 28.7. The molecule has 1 aromatic heterocycles. The highest BCUT2D eigenvalue weighted by Gasteiger charge is 2.36.